The van der Waals surface area contributed by atoms with E-state index in [0.29, 0.717) is 22.5 Å². The first kappa shape index (κ1) is 15.3. The predicted molar refractivity (Wildman–Crippen MR) is 82.3 cm³/mol. The van der Waals surface area contributed by atoms with E-state index in [1.165, 1.54) is 12.8 Å². The molecule has 0 radical (unpaired) electrons. The normalized spacial score (nSPS) is 23.2. The van der Waals surface area contributed by atoms with E-state index in [2.05, 4.69) is 17.0 Å². The summed E-state index contributed by atoms with van der Waals surface area (Å²) in [6.07, 6.45) is 3.52. The van der Waals surface area contributed by atoms with Crippen LogP contribution in [0.4, 0.5) is 5.69 Å². The first-order valence-electron chi connectivity index (χ1n) is 7.28. The van der Waals surface area contributed by atoms with Gasteiger partial charge in [0.25, 0.3) is 0 Å². The number of hydrogen-bond donors (Lipinski definition) is 2. The number of anilines is 1. The van der Waals surface area contributed by atoms with Gasteiger partial charge in [-0.2, -0.15) is 0 Å². The van der Waals surface area contributed by atoms with Crippen LogP contribution in [0.2, 0.25) is 0 Å². The van der Waals surface area contributed by atoms with Crippen LogP contribution in [0.3, 0.4) is 0 Å². The summed E-state index contributed by atoms with van der Waals surface area (Å²) in [5.41, 5.74) is 0.708. The molecule has 0 spiro atoms. The second-order valence-corrected chi connectivity index (χ2v) is 7.61. The largest absolute Gasteiger partial charge is 0.381 e. The van der Waals surface area contributed by atoms with E-state index < -0.39 is 10.0 Å². The fraction of sp³-hybridized carbons (Fsp3) is 0.600. The van der Waals surface area contributed by atoms with Gasteiger partial charge in [0.15, 0.2) is 0 Å². The predicted octanol–water partition coefficient (Wildman–Crippen LogP) is 2.97. The molecule has 20 heavy (non-hydrogen) atoms. The molecule has 1 aliphatic rings. The zero-order valence-electron chi connectivity index (χ0n) is 12.4. The van der Waals surface area contributed by atoms with Crippen molar-refractivity contribution in [3.05, 3.63) is 24.3 Å². The lowest BCUT2D eigenvalue weighted by molar-refractivity contribution is 0.553. The van der Waals surface area contributed by atoms with Crippen molar-refractivity contribution in [2.75, 3.05) is 5.32 Å². The molecule has 4 nitrogen and oxygen atoms in total. The van der Waals surface area contributed by atoms with Gasteiger partial charge in [-0.15, -0.1) is 0 Å². The molecule has 0 aliphatic heterocycles. The van der Waals surface area contributed by atoms with Crippen molar-refractivity contribution in [2.45, 2.75) is 57.0 Å². The molecule has 1 fully saturated rings. The summed E-state index contributed by atoms with van der Waals surface area (Å²) in [7, 11) is -3.46. The smallest absolute Gasteiger partial charge is 0.242 e. The Morgan fingerprint density at radius 2 is 1.90 bits per heavy atom. The van der Waals surface area contributed by atoms with E-state index in [9.17, 15) is 8.42 Å². The van der Waals surface area contributed by atoms with E-state index in [1.807, 2.05) is 26.0 Å². The Bertz CT molecular complexity index is 555. The minimum atomic E-state index is -3.46. The lowest BCUT2D eigenvalue weighted by Gasteiger charge is -2.21. The quantitative estimate of drug-likeness (QED) is 0.878. The van der Waals surface area contributed by atoms with Gasteiger partial charge in [-0.3, -0.25) is 0 Å². The molecule has 0 amide bonds. The molecule has 2 unspecified atom stereocenters. The highest BCUT2D eigenvalue weighted by Crippen LogP contribution is 2.30. The fourth-order valence-corrected chi connectivity index (χ4v) is 4.18. The van der Waals surface area contributed by atoms with Gasteiger partial charge in [0.2, 0.25) is 10.0 Å². The molecule has 0 heterocycles. The standard InChI is InChI=1S/C15H24N2O2S/c1-11(2)17-20(18,19)15-10-5-4-8-14(15)16-13-9-6-7-12(13)3/h4-5,8,10-13,16-17H,6-7,9H2,1-3H3. The first-order valence-corrected chi connectivity index (χ1v) is 8.76. The van der Waals surface area contributed by atoms with Crippen LogP contribution >= 0.6 is 0 Å². The molecule has 1 saturated carbocycles. The molecule has 1 aromatic rings. The second kappa shape index (κ2) is 6.14. The Kier molecular flexibility index (Phi) is 4.70. The van der Waals surface area contributed by atoms with Gasteiger partial charge in [-0.05, 0) is 44.7 Å². The topological polar surface area (TPSA) is 58.2 Å². The maximum absolute atomic E-state index is 12.4. The van der Waals surface area contributed by atoms with Gasteiger partial charge in [-0.25, -0.2) is 13.1 Å². The number of nitrogens with one attached hydrogen (secondary N) is 2. The molecule has 0 saturated heterocycles. The number of rotatable bonds is 5. The molecule has 2 N–H and O–H groups in total. The van der Waals surface area contributed by atoms with Gasteiger partial charge in [0, 0.05) is 12.1 Å². The van der Waals surface area contributed by atoms with Crippen molar-refractivity contribution in [1.29, 1.82) is 0 Å². The van der Waals surface area contributed by atoms with Crippen molar-refractivity contribution in [3.8, 4) is 0 Å². The number of sulfonamides is 1. The Hall–Kier alpha value is -1.07. The number of hydrogen-bond acceptors (Lipinski definition) is 3. The van der Waals surface area contributed by atoms with E-state index in [-0.39, 0.29) is 6.04 Å². The lowest BCUT2D eigenvalue weighted by Crippen LogP contribution is -2.31. The van der Waals surface area contributed by atoms with Crippen LogP contribution in [0.25, 0.3) is 0 Å². The van der Waals surface area contributed by atoms with Crippen LogP contribution in [0.1, 0.15) is 40.0 Å². The minimum absolute atomic E-state index is 0.113. The Balaban J connectivity index is 2.26. The maximum Gasteiger partial charge on any atom is 0.242 e. The molecule has 1 aliphatic carbocycles. The fourth-order valence-electron chi connectivity index (χ4n) is 2.75. The summed E-state index contributed by atoms with van der Waals surface area (Å²) in [4.78, 5) is 0.341. The molecular weight excluding hydrogens is 272 g/mol. The third-order valence-electron chi connectivity index (χ3n) is 3.77. The van der Waals surface area contributed by atoms with E-state index in [4.69, 9.17) is 0 Å². The minimum Gasteiger partial charge on any atom is -0.381 e. The van der Waals surface area contributed by atoms with E-state index >= 15 is 0 Å². The molecule has 1 aromatic carbocycles. The number of benzene rings is 1. The van der Waals surface area contributed by atoms with Crippen LogP contribution in [-0.4, -0.2) is 20.5 Å². The molecule has 0 aromatic heterocycles. The van der Waals surface area contributed by atoms with Gasteiger partial charge in [-0.1, -0.05) is 25.5 Å². The molecule has 2 atom stereocenters. The zero-order valence-corrected chi connectivity index (χ0v) is 13.2. The average molecular weight is 296 g/mol. The van der Waals surface area contributed by atoms with Crippen molar-refractivity contribution in [2.24, 2.45) is 5.92 Å². The summed E-state index contributed by atoms with van der Waals surface area (Å²) in [6.45, 7) is 5.87. The summed E-state index contributed by atoms with van der Waals surface area (Å²) in [5, 5.41) is 3.42. The molecule has 112 valence electrons. The van der Waals surface area contributed by atoms with Crippen LogP contribution in [-0.2, 0) is 10.0 Å². The summed E-state index contributed by atoms with van der Waals surface area (Å²) in [5.74, 6) is 0.587. The van der Waals surface area contributed by atoms with Crippen LogP contribution < -0.4 is 10.0 Å². The van der Waals surface area contributed by atoms with Crippen molar-refractivity contribution < 1.29 is 8.42 Å². The second-order valence-electron chi connectivity index (χ2n) is 5.93. The van der Waals surface area contributed by atoms with Crippen LogP contribution in [0.5, 0.6) is 0 Å². The maximum atomic E-state index is 12.4. The summed E-state index contributed by atoms with van der Waals surface area (Å²) < 4.78 is 27.4. The molecule has 5 heteroatoms. The highest BCUT2D eigenvalue weighted by molar-refractivity contribution is 7.89. The van der Waals surface area contributed by atoms with Crippen molar-refractivity contribution >= 4 is 15.7 Å². The summed E-state index contributed by atoms with van der Waals surface area (Å²) >= 11 is 0. The third kappa shape index (κ3) is 3.52. The van der Waals surface area contributed by atoms with Gasteiger partial charge < -0.3 is 5.32 Å². The molecular formula is C15H24N2O2S. The Morgan fingerprint density at radius 3 is 2.50 bits per heavy atom. The van der Waals surface area contributed by atoms with Crippen molar-refractivity contribution in [3.63, 3.8) is 0 Å². The Morgan fingerprint density at radius 1 is 1.20 bits per heavy atom. The zero-order chi connectivity index (χ0) is 14.8. The summed E-state index contributed by atoms with van der Waals surface area (Å²) in [6, 6.07) is 7.39. The van der Waals surface area contributed by atoms with Gasteiger partial charge >= 0.3 is 0 Å². The Labute approximate surface area is 122 Å². The van der Waals surface area contributed by atoms with Crippen molar-refractivity contribution in [1.82, 2.24) is 4.72 Å². The van der Waals surface area contributed by atoms with E-state index in [0.717, 1.165) is 6.42 Å². The van der Waals surface area contributed by atoms with Crippen LogP contribution in [0.15, 0.2) is 29.2 Å². The average Bonchev–Trinajstić information content (AvgIpc) is 2.74. The van der Waals surface area contributed by atoms with Crippen LogP contribution in [0, 0.1) is 5.92 Å². The molecule has 2 rings (SSSR count). The first-order chi connectivity index (χ1) is 9.40. The van der Waals surface area contributed by atoms with Gasteiger partial charge in [0.1, 0.15) is 4.90 Å². The van der Waals surface area contributed by atoms with Gasteiger partial charge in [0.05, 0.1) is 5.69 Å². The monoisotopic (exact) mass is 296 g/mol. The lowest BCUT2D eigenvalue weighted by atomic mass is 10.1. The third-order valence-corrected chi connectivity index (χ3v) is 5.49. The highest BCUT2D eigenvalue weighted by Gasteiger charge is 2.26. The van der Waals surface area contributed by atoms with E-state index in [1.54, 1.807) is 12.1 Å². The SMILES string of the molecule is CC(C)NS(=O)(=O)c1ccccc1NC1CCCC1C. The highest BCUT2D eigenvalue weighted by atomic mass is 32.2. The molecule has 0 bridgehead atoms. The number of para-hydroxylation sites is 1.